The predicted octanol–water partition coefficient (Wildman–Crippen LogP) is 9.31. The van der Waals surface area contributed by atoms with E-state index in [1.165, 1.54) is 30.6 Å². The standard InChI is InChI=1S/C10H15NS.C8H11.2C7H7.Zr/c1-3-5-9-6-4-7-11-10(9)8(2)12;1-6-4-7(2)8(3)5-6;2*1-7-5-3-2-4-6-7;/h4,6-8,12H,3,5H2,1-2H3;4H2,1-3H3;2*2-6H,1H2;/q;;;;+1/p-1. The molecule has 0 spiro atoms. The summed E-state index contributed by atoms with van der Waals surface area (Å²) in [6, 6.07) is 26.9. The Morgan fingerprint density at radius 1 is 0.829 bits per heavy atom. The predicted molar refractivity (Wildman–Crippen MR) is 150 cm³/mol. The number of pyridine rings is 1. The van der Waals surface area contributed by atoms with E-state index in [0.29, 0.717) is 5.25 Å². The molecule has 35 heavy (non-hydrogen) atoms. The van der Waals surface area contributed by atoms with E-state index in [1.54, 1.807) is 20.0 Å². The van der Waals surface area contributed by atoms with Gasteiger partial charge in [-0.1, -0.05) is 0 Å². The third-order valence-corrected chi connectivity index (χ3v) is 26.2. The van der Waals surface area contributed by atoms with E-state index in [1.807, 2.05) is 6.20 Å². The number of aromatic nitrogens is 1. The number of rotatable bonds is 10. The van der Waals surface area contributed by atoms with Crippen molar-refractivity contribution in [2.45, 2.75) is 67.4 Å². The third-order valence-electron chi connectivity index (χ3n) is 7.33. The maximum absolute atomic E-state index is 4.96. The summed E-state index contributed by atoms with van der Waals surface area (Å²) in [7, 11) is 2.34. The first-order chi connectivity index (χ1) is 16.9. The third kappa shape index (κ3) is 6.18. The zero-order valence-electron chi connectivity index (χ0n) is 22.0. The molecule has 0 saturated carbocycles. The van der Waals surface area contributed by atoms with Gasteiger partial charge in [0.15, 0.2) is 0 Å². The summed E-state index contributed by atoms with van der Waals surface area (Å²) in [4.78, 5) is 4.96. The summed E-state index contributed by atoms with van der Waals surface area (Å²) >= 11 is -3.15. The second kappa shape index (κ2) is 12.0. The van der Waals surface area contributed by atoms with E-state index in [2.05, 4.69) is 116 Å². The fraction of sp³-hybridized carbons (Fsp3) is 0.344. The Bertz CT molecular complexity index is 1160. The van der Waals surface area contributed by atoms with Crippen molar-refractivity contribution in [1.82, 2.24) is 4.98 Å². The summed E-state index contributed by atoms with van der Waals surface area (Å²) in [5.41, 5.74) is 10.5. The van der Waals surface area contributed by atoms with Crippen molar-refractivity contribution < 1.29 is 18.8 Å². The number of allylic oxidation sites excluding steroid dienone is 4. The topological polar surface area (TPSA) is 12.9 Å². The van der Waals surface area contributed by atoms with Gasteiger partial charge in [0.05, 0.1) is 0 Å². The molecule has 3 aromatic rings. The maximum atomic E-state index is 4.96. The number of benzene rings is 2. The van der Waals surface area contributed by atoms with Crippen LogP contribution in [0.4, 0.5) is 0 Å². The van der Waals surface area contributed by atoms with Gasteiger partial charge in [-0.15, -0.1) is 0 Å². The van der Waals surface area contributed by atoms with Crippen LogP contribution in [0.3, 0.4) is 0 Å². The number of hydrogen-bond donors (Lipinski definition) is 0. The van der Waals surface area contributed by atoms with E-state index >= 15 is 0 Å². The molecule has 0 saturated heterocycles. The zero-order valence-corrected chi connectivity index (χ0v) is 25.2. The molecule has 1 nitrogen and oxygen atoms in total. The number of nitrogens with zero attached hydrogens (tertiary/aromatic N) is 1. The Kier molecular flexibility index (Phi) is 9.06. The summed E-state index contributed by atoms with van der Waals surface area (Å²) in [6.45, 7) is 11.8. The zero-order chi connectivity index (χ0) is 24.8. The summed E-state index contributed by atoms with van der Waals surface area (Å²) in [5, 5.41) is 0.384. The second-order valence-electron chi connectivity index (χ2n) is 10.1. The van der Waals surface area contributed by atoms with Gasteiger partial charge >= 0.3 is 221 Å². The van der Waals surface area contributed by atoms with Gasteiger partial charge in [-0.05, 0) is 0 Å². The van der Waals surface area contributed by atoms with Crippen molar-refractivity contribution in [3.05, 3.63) is 121 Å². The number of hydrogen-bond acceptors (Lipinski definition) is 2. The molecular formula is C32H39NSZr. The molecule has 0 radical (unpaired) electrons. The molecule has 1 unspecified atom stereocenters. The first-order valence-electron chi connectivity index (χ1n) is 13.0. The van der Waals surface area contributed by atoms with Gasteiger partial charge in [0.1, 0.15) is 0 Å². The van der Waals surface area contributed by atoms with Gasteiger partial charge in [0.25, 0.3) is 0 Å². The van der Waals surface area contributed by atoms with E-state index in [0.717, 1.165) is 19.3 Å². The Labute approximate surface area is 219 Å². The van der Waals surface area contributed by atoms with Gasteiger partial charge < -0.3 is 0 Å². The van der Waals surface area contributed by atoms with Gasteiger partial charge in [0, 0.05) is 0 Å². The molecule has 0 bridgehead atoms. The van der Waals surface area contributed by atoms with Crippen LogP contribution in [0.1, 0.15) is 75.1 Å². The van der Waals surface area contributed by atoms with Gasteiger partial charge in [-0.2, -0.15) is 0 Å². The van der Waals surface area contributed by atoms with Gasteiger partial charge in [-0.25, -0.2) is 0 Å². The van der Waals surface area contributed by atoms with Crippen molar-refractivity contribution in [1.29, 1.82) is 0 Å². The monoisotopic (exact) mass is 559 g/mol. The van der Waals surface area contributed by atoms with E-state index < -0.39 is 18.8 Å². The minimum atomic E-state index is -3.15. The van der Waals surface area contributed by atoms with Crippen LogP contribution in [-0.2, 0) is 33.5 Å². The van der Waals surface area contributed by atoms with E-state index in [4.69, 9.17) is 4.98 Å². The van der Waals surface area contributed by atoms with Gasteiger partial charge in [0.2, 0.25) is 0 Å². The van der Waals surface area contributed by atoms with Crippen molar-refractivity contribution >= 4 is 8.52 Å². The Morgan fingerprint density at radius 2 is 1.43 bits per heavy atom. The molecule has 0 N–H and O–H groups in total. The molecule has 3 heteroatoms. The van der Waals surface area contributed by atoms with Crippen LogP contribution in [0.5, 0.6) is 0 Å². The van der Waals surface area contributed by atoms with Crippen LogP contribution in [0, 0.1) is 0 Å². The second-order valence-corrected chi connectivity index (χ2v) is 25.3. The Morgan fingerprint density at radius 3 is 1.94 bits per heavy atom. The first-order valence-corrected chi connectivity index (χ1v) is 21.6. The summed E-state index contributed by atoms with van der Waals surface area (Å²) < 4.78 is 4.20. The van der Waals surface area contributed by atoms with Crippen molar-refractivity contribution in [2.24, 2.45) is 0 Å². The van der Waals surface area contributed by atoms with Crippen molar-refractivity contribution in [2.75, 3.05) is 0 Å². The fourth-order valence-electron chi connectivity index (χ4n) is 5.81. The first kappa shape index (κ1) is 26.4. The van der Waals surface area contributed by atoms with Gasteiger partial charge in [-0.3, -0.25) is 0 Å². The quantitative estimate of drug-likeness (QED) is 0.245. The molecule has 4 rings (SSSR count). The average Bonchev–Trinajstić information content (AvgIpc) is 3.12. The summed E-state index contributed by atoms with van der Waals surface area (Å²) in [5.74, 6) is 0. The number of aryl methyl sites for hydroxylation is 1. The Hall–Kier alpha value is -1.70. The molecule has 1 heterocycles. The average molecular weight is 561 g/mol. The van der Waals surface area contributed by atoms with Crippen LogP contribution >= 0.6 is 8.52 Å². The van der Waals surface area contributed by atoms with Crippen molar-refractivity contribution in [3.8, 4) is 0 Å². The van der Waals surface area contributed by atoms with Crippen LogP contribution < -0.4 is 0 Å². The molecule has 1 atom stereocenters. The normalized spacial score (nSPS) is 15.1. The molecule has 0 aliphatic heterocycles. The fourth-order valence-corrected chi connectivity index (χ4v) is 28.8. The van der Waals surface area contributed by atoms with E-state index in [9.17, 15) is 0 Å². The van der Waals surface area contributed by atoms with Crippen LogP contribution in [-0.4, -0.2) is 4.98 Å². The minimum absolute atomic E-state index is 0.384. The van der Waals surface area contributed by atoms with Crippen LogP contribution in [0.15, 0.2) is 99.0 Å². The van der Waals surface area contributed by atoms with E-state index in [-0.39, 0.29) is 0 Å². The molecule has 0 fully saturated rings. The molecule has 182 valence electrons. The van der Waals surface area contributed by atoms with Crippen molar-refractivity contribution in [3.63, 3.8) is 0 Å². The molecule has 1 aliphatic rings. The summed E-state index contributed by atoms with van der Waals surface area (Å²) in [6.07, 6.45) is 5.40. The molecular weight excluding hydrogens is 522 g/mol. The Balaban J connectivity index is 1.86. The molecule has 1 aliphatic carbocycles. The van der Waals surface area contributed by atoms with Crippen LogP contribution in [0.2, 0.25) is 0 Å². The molecule has 0 amide bonds. The molecule has 2 aromatic carbocycles. The van der Waals surface area contributed by atoms with Crippen LogP contribution in [0.25, 0.3) is 0 Å². The SMILES string of the molecule is CCCc1cccnc1C(C)[S][Zr]([CH2]c1ccccc1)([CH2]c1ccccc1)[C]1=C(C)CC(C)=C1C. The molecule has 1 aromatic heterocycles.